The van der Waals surface area contributed by atoms with E-state index in [4.69, 9.17) is 14.2 Å². The fraction of sp³-hybridized carbons (Fsp3) is 0.947. The zero-order chi connectivity index (χ0) is 30.8. The summed E-state index contributed by atoms with van der Waals surface area (Å²) in [6.07, 6.45) is 35.1. The first-order valence-corrected chi connectivity index (χ1v) is 19.2. The van der Waals surface area contributed by atoms with E-state index in [0.717, 1.165) is 32.1 Å². The lowest BCUT2D eigenvalue weighted by Gasteiger charge is -2.48. The molecule has 0 N–H and O–H groups in total. The van der Waals surface area contributed by atoms with Crippen molar-refractivity contribution < 1.29 is 23.8 Å². The molecular formula is C38H70O5. The first-order chi connectivity index (χ1) is 21.2. The molecule has 0 amide bonds. The molecule has 0 aromatic carbocycles. The first kappa shape index (κ1) is 38.1. The Balaban J connectivity index is 1.45. The molecule has 0 aromatic heterocycles. The Kier molecular flexibility index (Phi) is 23.2. The fourth-order valence-corrected chi connectivity index (χ4v) is 6.91. The van der Waals surface area contributed by atoms with Crippen molar-refractivity contribution in [2.75, 3.05) is 13.2 Å². The van der Waals surface area contributed by atoms with Crippen LogP contribution in [0.3, 0.4) is 0 Å². The molecule has 2 aliphatic heterocycles. The van der Waals surface area contributed by atoms with E-state index in [9.17, 15) is 9.59 Å². The highest BCUT2D eigenvalue weighted by Crippen LogP contribution is 2.43. The van der Waals surface area contributed by atoms with Gasteiger partial charge in [-0.3, -0.25) is 9.59 Å². The Morgan fingerprint density at radius 2 is 0.814 bits per heavy atom. The Morgan fingerprint density at radius 1 is 0.488 bits per heavy atom. The van der Waals surface area contributed by atoms with Crippen molar-refractivity contribution in [1.82, 2.24) is 0 Å². The number of fused-ring (bicyclic) bond motifs is 2. The first-order valence-electron chi connectivity index (χ1n) is 19.2. The molecule has 43 heavy (non-hydrogen) atoms. The van der Waals surface area contributed by atoms with Crippen molar-refractivity contribution in [3.63, 3.8) is 0 Å². The zero-order valence-corrected chi connectivity index (χ0v) is 28.6. The zero-order valence-electron chi connectivity index (χ0n) is 28.6. The molecule has 3 rings (SSSR count). The lowest BCUT2D eigenvalue weighted by molar-refractivity contribution is -0.222. The van der Waals surface area contributed by atoms with Crippen LogP contribution in [-0.2, 0) is 23.8 Å². The second-order valence-corrected chi connectivity index (χ2v) is 13.7. The maximum Gasteiger partial charge on any atom is 0.312 e. The topological polar surface area (TPSA) is 61.8 Å². The van der Waals surface area contributed by atoms with Gasteiger partial charge in [0.25, 0.3) is 0 Å². The predicted octanol–water partition coefficient (Wildman–Crippen LogP) is 11.0. The van der Waals surface area contributed by atoms with E-state index in [2.05, 4.69) is 13.8 Å². The summed E-state index contributed by atoms with van der Waals surface area (Å²) in [6.45, 7) is 5.45. The highest BCUT2D eigenvalue weighted by Gasteiger charge is 2.54. The van der Waals surface area contributed by atoms with Crippen LogP contribution < -0.4 is 0 Å². The number of unbranched alkanes of at least 4 members (excludes halogenated alkanes) is 24. The van der Waals surface area contributed by atoms with Gasteiger partial charge in [-0.15, -0.1) is 0 Å². The van der Waals surface area contributed by atoms with Crippen LogP contribution in [0.15, 0.2) is 0 Å². The van der Waals surface area contributed by atoms with Gasteiger partial charge in [0.2, 0.25) is 0 Å². The minimum Gasteiger partial charge on any atom is -0.465 e. The van der Waals surface area contributed by atoms with Crippen molar-refractivity contribution in [3.8, 4) is 0 Å². The SMILES string of the molecule is CCCCCCCCCCCCCCCOC(=O)C1CC2CC(O2)C1C(=O)OCCCCCCCCCCCCCCC. The van der Waals surface area contributed by atoms with Gasteiger partial charge in [0, 0.05) is 6.42 Å². The molecule has 0 spiro atoms. The summed E-state index contributed by atoms with van der Waals surface area (Å²) in [4.78, 5) is 25.9. The van der Waals surface area contributed by atoms with E-state index >= 15 is 0 Å². The van der Waals surface area contributed by atoms with Gasteiger partial charge in [-0.2, -0.15) is 0 Å². The Morgan fingerprint density at radius 3 is 1.19 bits per heavy atom. The molecule has 2 bridgehead atoms. The van der Waals surface area contributed by atoms with Crippen LogP contribution in [0.5, 0.6) is 0 Å². The molecule has 0 radical (unpaired) electrons. The van der Waals surface area contributed by atoms with E-state index < -0.39 is 11.8 Å². The predicted molar refractivity (Wildman–Crippen MR) is 178 cm³/mol. The second-order valence-electron chi connectivity index (χ2n) is 13.7. The minimum atomic E-state index is -0.494. The number of ether oxygens (including phenoxy) is 3. The van der Waals surface area contributed by atoms with Crippen LogP contribution >= 0.6 is 0 Å². The number of hydrogen-bond acceptors (Lipinski definition) is 5. The smallest absolute Gasteiger partial charge is 0.312 e. The summed E-state index contributed by atoms with van der Waals surface area (Å²) in [5.41, 5.74) is 0. The molecule has 5 nitrogen and oxygen atoms in total. The highest BCUT2D eigenvalue weighted by molar-refractivity contribution is 5.83. The van der Waals surface area contributed by atoms with Gasteiger partial charge in [-0.05, 0) is 19.3 Å². The van der Waals surface area contributed by atoms with Crippen molar-refractivity contribution in [1.29, 1.82) is 0 Å². The number of hydrogen-bond donors (Lipinski definition) is 0. The van der Waals surface area contributed by atoms with Crippen LogP contribution in [0.2, 0.25) is 0 Å². The normalized spacial score (nSPS) is 21.0. The number of carbonyl (C=O) groups is 2. The Hall–Kier alpha value is -1.10. The van der Waals surface area contributed by atoms with Crippen molar-refractivity contribution >= 4 is 11.9 Å². The van der Waals surface area contributed by atoms with Gasteiger partial charge in [0.15, 0.2) is 0 Å². The fourth-order valence-electron chi connectivity index (χ4n) is 6.91. The van der Waals surface area contributed by atoms with Gasteiger partial charge < -0.3 is 14.2 Å². The highest BCUT2D eigenvalue weighted by atomic mass is 16.6. The van der Waals surface area contributed by atoms with Crippen LogP contribution in [-0.4, -0.2) is 37.4 Å². The second kappa shape index (κ2) is 26.1. The molecule has 0 aromatic rings. The quantitative estimate of drug-likeness (QED) is 0.0601. The average Bonchev–Trinajstić information content (AvgIpc) is 3.00. The third-order valence-corrected chi connectivity index (χ3v) is 9.77. The van der Waals surface area contributed by atoms with E-state index in [1.165, 1.54) is 141 Å². The van der Waals surface area contributed by atoms with Crippen LogP contribution in [0.25, 0.3) is 0 Å². The van der Waals surface area contributed by atoms with E-state index in [-0.39, 0.29) is 24.1 Å². The summed E-state index contributed by atoms with van der Waals surface area (Å²) in [7, 11) is 0. The summed E-state index contributed by atoms with van der Waals surface area (Å²) in [5.74, 6) is -1.38. The average molecular weight is 607 g/mol. The monoisotopic (exact) mass is 607 g/mol. The Labute approximate surface area is 266 Å². The molecule has 1 aliphatic carbocycles. The molecule has 3 aliphatic rings. The van der Waals surface area contributed by atoms with Crippen molar-refractivity contribution in [2.24, 2.45) is 11.8 Å². The van der Waals surface area contributed by atoms with Crippen molar-refractivity contribution in [2.45, 2.75) is 206 Å². The largest absolute Gasteiger partial charge is 0.465 e. The van der Waals surface area contributed by atoms with Gasteiger partial charge in [-0.25, -0.2) is 0 Å². The number of carbonyl (C=O) groups excluding carboxylic acids is 2. The molecule has 2 heterocycles. The lowest BCUT2D eigenvalue weighted by Crippen LogP contribution is -2.57. The van der Waals surface area contributed by atoms with Gasteiger partial charge >= 0.3 is 11.9 Å². The Bertz CT molecular complexity index is 673. The molecule has 1 saturated carbocycles. The molecule has 4 atom stereocenters. The summed E-state index contributed by atoms with van der Waals surface area (Å²) >= 11 is 0. The van der Waals surface area contributed by atoms with Gasteiger partial charge in [0.05, 0.1) is 37.3 Å². The van der Waals surface area contributed by atoms with E-state index in [1.807, 2.05) is 0 Å². The van der Waals surface area contributed by atoms with Crippen LogP contribution in [0.1, 0.15) is 194 Å². The molecule has 2 saturated heterocycles. The standard InChI is InChI=1S/C38H70O5/c1-3-5-7-9-11-13-15-17-19-21-23-25-27-29-41-37(39)34-31-33-32-35(43-33)36(34)38(40)42-30-28-26-24-22-20-18-16-14-12-10-8-6-4-2/h33-36H,3-32H2,1-2H3. The van der Waals surface area contributed by atoms with Crippen LogP contribution in [0.4, 0.5) is 0 Å². The summed E-state index contributed by atoms with van der Waals surface area (Å²) in [6, 6.07) is 0. The lowest BCUT2D eigenvalue weighted by atomic mass is 9.72. The molecule has 3 fully saturated rings. The van der Waals surface area contributed by atoms with E-state index in [0.29, 0.717) is 19.6 Å². The third kappa shape index (κ3) is 17.8. The van der Waals surface area contributed by atoms with E-state index in [1.54, 1.807) is 0 Å². The summed E-state index contributed by atoms with van der Waals surface area (Å²) in [5, 5.41) is 0. The minimum absolute atomic E-state index is 0.101. The van der Waals surface area contributed by atoms with Gasteiger partial charge in [0.1, 0.15) is 0 Å². The number of esters is 2. The molecule has 252 valence electrons. The van der Waals surface area contributed by atoms with Crippen molar-refractivity contribution in [3.05, 3.63) is 0 Å². The molecule has 5 heteroatoms. The van der Waals surface area contributed by atoms with Crippen LogP contribution in [0, 0.1) is 11.8 Å². The molecule has 4 unspecified atom stereocenters. The van der Waals surface area contributed by atoms with Gasteiger partial charge in [-0.1, -0.05) is 168 Å². The molecular weight excluding hydrogens is 536 g/mol. The number of rotatable bonds is 30. The summed E-state index contributed by atoms with van der Waals surface area (Å²) < 4.78 is 17.1. The maximum absolute atomic E-state index is 13.0. The third-order valence-electron chi connectivity index (χ3n) is 9.77. The maximum atomic E-state index is 13.0.